The van der Waals surface area contributed by atoms with Crippen molar-refractivity contribution in [3.05, 3.63) is 42.9 Å². The molecule has 1 fully saturated rings. The van der Waals surface area contributed by atoms with E-state index in [1.807, 2.05) is 28.9 Å². The molecule has 0 atom stereocenters. The minimum Gasteiger partial charge on any atom is -0.508 e. The van der Waals surface area contributed by atoms with Crippen LogP contribution in [0.4, 0.5) is 5.82 Å². The maximum absolute atomic E-state index is 9.40. The molecule has 0 spiro atoms. The van der Waals surface area contributed by atoms with Crippen LogP contribution in [-0.4, -0.2) is 26.0 Å². The summed E-state index contributed by atoms with van der Waals surface area (Å²) in [4.78, 5) is 8.88. The molecule has 1 aromatic carbocycles. The largest absolute Gasteiger partial charge is 0.508 e. The second-order valence-electron chi connectivity index (χ2n) is 5.48. The van der Waals surface area contributed by atoms with E-state index in [0.29, 0.717) is 0 Å². The van der Waals surface area contributed by atoms with Gasteiger partial charge in [0.1, 0.15) is 5.75 Å². The highest BCUT2D eigenvalue weighted by Gasteiger charge is 2.21. The van der Waals surface area contributed by atoms with Crippen molar-refractivity contribution in [1.29, 1.82) is 0 Å². The van der Waals surface area contributed by atoms with Crippen molar-refractivity contribution in [2.45, 2.75) is 12.8 Å². The minimum atomic E-state index is 0.265. The zero-order valence-electron chi connectivity index (χ0n) is 11.5. The topological polar surface area (TPSA) is 62.5 Å². The van der Waals surface area contributed by atoms with Gasteiger partial charge in [-0.25, -0.2) is 9.97 Å². The predicted molar refractivity (Wildman–Crippen MR) is 81.3 cm³/mol. The third-order valence-corrected chi connectivity index (χ3v) is 3.85. The molecule has 3 aromatic rings. The molecule has 21 heavy (non-hydrogen) atoms. The molecule has 0 amide bonds. The second-order valence-corrected chi connectivity index (χ2v) is 5.48. The molecule has 0 aliphatic heterocycles. The van der Waals surface area contributed by atoms with Gasteiger partial charge in [0.2, 0.25) is 0 Å². The van der Waals surface area contributed by atoms with Gasteiger partial charge >= 0.3 is 0 Å². The minimum absolute atomic E-state index is 0.265. The number of aromatic hydroxyl groups is 1. The third-order valence-electron chi connectivity index (χ3n) is 3.85. The van der Waals surface area contributed by atoms with Crippen LogP contribution in [0.1, 0.15) is 12.8 Å². The van der Waals surface area contributed by atoms with E-state index < -0.39 is 0 Å². The van der Waals surface area contributed by atoms with Crippen LogP contribution in [0, 0.1) is 5.92 Å². The lowest BCUT2D eigenvalue weighted by atomic mass is 10.1. The van der Waals surface area contributed by atoms with E-state index in [4.69, 9.17) is 0 Å². The number of phenolic OH excluding ortho intramolecular Hbond substituents is 1. The fourth-order valence-corrected chi connectivity index (χ4v) is 2.45. The highest BCUT2D eigenvalue weighted by molar-refractivity contribution is 5.70. The molecule has 1 saturated carbocycles. The molecule has 0 unspecified atom stereocenters. The Labute approximate surface area is 122 Å². The lowest BCUT2D eigenvalue weighted by Crippen LogP contribution is -2.06. The smallest absolute Gasteiger partial charge is 0.180 e. The van der Waals surface area contributed by atoms with Crippen molar-refractivity contribution in [3.8, 4) is 17.0 Å². The average molecular weight is 280 g/mol. The van der Waals surface area contributed by atoms with Crippen LogP contribution in [0.15, 0.2) is 42.9 Å². The molecule has 2 N–H and O–H groups in total. The van der Waals surface area contributed by atoms with Crippen molar-refractivity contribution in [2.75, 3.05) is 11.9 Å². The summed E-state index contributed by atoms with van der Waals surface area (Å²) in [5.41, 5.74) is 2.84. The van der Waals surface area contributed by atoms with Crippen LogP contribution in [0.2, 0.25) is 0 Å². The van der Waals surface area contributed by atoms with Crippen LogP contribution in [0.3, 0.4) is 0 Å². The van der Waals surface area contributed by atoms with Crippen LogP contribution >= 0.6 is 0 Å². The molecule has 4 rings (SSSR count). The number of phenols is 1. The summed E-state index contributed by atoms with van der Waals surface area (Å²) in [6.07, 6.45) is 8.15. The molecule has 5 nitrogen and oxygen atoms in total. The van der Waals surface area contributed by atoms with Crippen LogP contribution in [-0.2, 0) is 0 Å². The summed E-state index contributed by atoms with van der Waals surface area (Å²) < 4.78 is 2.02. The number of nitrogens with one attached hydrogen (secondary N) is 1. The standard InChI is InChI=1S/C16H16N4O/c21-13-5-3-12(4-6-13)14-10-19-16-15(17-7-8-20(14)16)18-9-11-1-2-11/h3-8,10-11,21H,1-2,9H2,(H,17,18). The summed E-state index contributed by atoms with van der Waals surface area (Å²) in [7, 11) is 0. The Morgan fingerprint density at radius 3 is 2.76 bits per heavy atom. The van der Waals surface area contributed by atoms with E-state index in [0.717, 1.165) is 35.2 Å². The summed E-state index contributed by atoms with van der Waals surface area (Å²) in [6, 6.07) is 7.14. The molecule has 2 aromatic heterocycles. The number of fused-ring (bicyclic) bond motifs is 1. The van der Waals surface area contributed by atoms with Crippen LogP contribution in [0.25, 0.3) is 16.9 Å². The number of nitrogens with zero attached hydrogens (tertiary/aromatic N) is 3. The number of hydrogen-bond acceptors (Lipinski definition) is 4. The average Bonchev–Trinajstić information content (AvgIpc) is 3.24. The maximum atomic E-state index is 9.40. The van der Waals surface area contributed by atoms with E-state index >= 15 is 0 Å². The third kappa shape index (κ3) is 2.31. The number of anilines is 1. The molecule has 2 heterocycles. The number of benzene rings is 1. The van der Waals surface area contributed by atoms with E-state index in [1.54, 1.807) is 18.3 Å². The van der Waals surface area contributed by atoms with Gasteiger partial charge in [0, 0.05) is 24.5 Å². The van der Waals surface area contributed by atoms with Crippen LogP contribution < -0.4 is 5.32 Å². The van der Waals surface area contributed by atoms with Gasteiger partial charge in [0.25, 0.3) is 0 Å². The monoisotopic (exact) mass is 280 g/mol. The van der Waals surface area contributed by atoms with E-state index in [1.165, 1.54) is 12.8 Å². The Kier molecular flexibility index (Phi) is 2.77. The summed E-state index contributed by atoms with van der Waals surface area (Å²) >= 11 is 0. The van der Waals surface area contributed by atoms with Gasteiger partial charge in [-0.3, -0.25) is 4.40 Å². The highest BCUT2D eigenvalue weighted by atomic mass is 16.3. The zero-order valence-corrected chi connectivity index (χ0v) is 11.5. The lowest BCUT2D eigenvalue weighted by molar-refractivity contribution is 0.475. The van der Waals surface area contributed by atoms with Gasteiger partial charge in [-0.05, 0) is 43.0 Å². The first-order valence-corrected chi connectivity index (χ1v) is 7.16. The maximum Gasteiger partial charge on any atom is 0.180 e. The Hall–Kier alpha value is -2.56. The first kappa shape index (κ1) is 12.2. The summed E-state index contributed by atoms with van der Waals surface area (Å²) in [5, 5.41) is 12.8. The molecule has 1 aliphatic carbocycles. The number of hydrogen-bond donors (Lipinski definition) is 2. The Morgan fingerprint density at radius 2 is 2.00 bits per heavy atom. The SMILES string of the molecule is Oc1ccc(-c2cnc3c(NCC4CC4)nccn23)cc1. The number of rotatable bonds is 4. The number of aromatic nitrogens is 3. The fraction of sp³-hybridized carbons (Fsp3) is 0.250. The van der Waals surface area contributed by atoms with E-state index in [2.05, 4.69) is 15.3 Å². The fourth-order valence-electron chi connectivity index (χ4n) is 2.45. The molecular weight excluding hydrogens is 264 g/mol. The Balaban J connectivity index is 1.73. The van der Waals surface area contributed by atoms with Gasteiger partial charge in [-0.15, -0.1) is 0 Å². The molecular formula is C16H16N4O. The van der Waals surface area contributed by atoms with Gasteiger partial charge < -0.3 is 10.4 Å². The molecule has 0 bridgehead atoms. The molecule has 1 aliphatic rings. The van der Waals surface area contributed by atoms with Gasteiger partial charge in [-0.2, -0.15) is 0 Å². The predicted octanol–water partition coefficient (Wildman–Crippen LogP) is 2.92. The quantitative estimate of drug-likeness (QED) is 0.771. The van der Waals surface area contributed by atoms with Gasteiger partial charge in [0.15, 0.2) is 11.5 Å². The highest BCUT2D eigenvalue weighted by Crippen LogP contribution is 2.30. The van der Waals surface area contributed by atoms with Gasteiger partial charge in [-0.1, -0.05) is 0 Å². The van der Waals surface area contributed by atoms with Crippen molar-refractivity contribution >= 4 is 11.5 Å². The Morgan fingerprint density at radius 1 is 1.19 bits per heavy atom. The first-order valence-electron chi connectivity index (χ1n) is 7.16. The summed E-state index contributed by atoms with van der Waals surface area (Å²) in [5.74, 6) is 1.88. The second kappa shape index (κ2) is 4.77. The van der Waals surface area contributed by atoms with Crippen molar-refractivity contribution in [2.24, 2.45) is 5.92 Å². The molecule has 5 heteroatoms. The van der Waals surface area contributed by atoms with Gasteiger partial charge in [0.05, 0.1) is 11.9 Å². The van der Waals surface area contributed by atoms with Crippen molar-refractivity contribution in [1.82, 2.24) is 14.4 Å². The van der Waals surface area contributed by atoms with Crippen molar-refractivity contribution in [3.63, 3.8) is 0 Å². The van der Waals surface area contributed by atoms with E-state index in [9.17, 15) is 5.11 Å². The summed E-state index contributed by atoms with van der Waals surface area (Å²) in [6.45, 7) is 0.966. The van der Waals surface area contributed by atoms with Crippen LogP contribution in [0.5, 0.6) is 5.75 Å². The first-order chi connectivity index (χ1) is 10.3. The zero-order chi connectivity index (χ0) is 14.2. The Bertz CT molecular complexity index is 775. The number of imidazole rings is 1. The molecule has 106 valence electrons. The lowest BCUT2D eigenvalue weighted by Gasteiger charge is -2.07. The molecule has 0 saturated heterocycles. The van der Waals surface area contributed by atoms with Crippen molar-refractivity contribution < 1.29 is 5.11 Å². The van der Waals surface area contributed by atoms with E-state index in [-0.39, 0.29) is 5.75 Å². The molecule has 0 radical (unpaired) electrons. The normalized spacial score (nSPS) is 14.5.